The number of amides is 1. The van der Waals surface area contributed by atoms with Crippen LogP contribution in [0.1, 0.15) is 17.7 Å². The number of fused-ring (bicyclic) bond motifs is 1. The van der Waals surface area contributed by atoms with Crippen molar-refractivity contribution in [3.63, 3.8) is 0 Å². The van der Waals surface area contributed by atoms with Gasteiger partial charge in [-0.2, -0.15) is 0 Å². The highest BCUT2D eigenvalue weighted by Gasteiger charge is 2.20. The van der Waals surface area contributed by atoms with Gasteiger partial charge in [0.2, 0.25) is 11.8 Å². The second-order valence-corrected chi connectivity index (χ2v) is 5.83. The largest absolute Gasteiger partial charge is 0.472 e. The average molecular weight is 364 g/mol. The van der Waals surface area contributed by atoms with E-state index in [0.29, 0.717) is 24.4 Å². The molecule has 1 amide bonds. The maximum Gasteiger partial charge on any atom is 0.233 e. The Bertz CT molecular complexity index is 642. The summed E-state index contributed by atoms with van der Waals surface area (Å²) in [6, 6.07) is 11.9. The van der Waals surface area contributed by atoms with Gasteiger partial charge in [0, 0.05) is 19.2 Å². The van der Waals surface area contributed by atoms with Gasteiger partial charge in [-0.1, -0.05) is 46.3 Å². The van der Waals surface area contributed by atoms with Crippen molar-refractivity contribution in [3.8, 4) is 5.88 Å². The highest BCUT2D eigenvalue weighted by atomic mass is 79.9. The van der Waals surface area contributed by atoms with Crippen LogP contribution in [0.5, 0.6) is 5.88 Å². The van der Waals surface area contributed by atoms with Gasteiger partial charge >= 0.3 is 0 Å². The number of alkyl halides is 1. The fourth-order valence-corrected chi connectivity index (χ4v) is 2.89. The normalized spacial score (nSPS) is 14.3. The van der Waals surface area contributed by atoms with Crippen LogP contribution in [0.3, 0.4) is 0 Å². The number of aryl methyl sites for hydroxylation is 1. The van der Waals surface area contributed by atoms with Crippen molar-refractivity contribution in [3.05, 3.63) is 47.7 Å². The van der Waals surface area contributed by atoms with Crippen LogP contribution in [0.4, 0.5) is 0 Å². The lowest BCUT2D eigenvalue weighted by Crippen LogP contribution is -2.31. The molecule has 2 aromatic rings. The summed E-state index contributed by atoms with van der Waals surface area (Å²) >= 11 is 3.23. The number of halogens is 1. The monoisotopic (exact) mass is 363 g/mol. The van der Waals surface area contributed by atoms with Gasteiger partial charge in [-0.05, 0) is 12.0 Å². The lowest BCUT2D eigenvalue weighted by molar-refractivity contribution is -0.128. The van der Waals surface area contributed by atoms with Crippen molar-refractivity contribution in [2.24, 2.45) is 0 Å². The first kappa shape index (κ1) is 15.1. The summed E-state index contributed by atoms with van der Waals surface area (Å²) in [5.41, 5.74) is 2.14. The van der Waals surface area contributed by atoms with Crippen LogP contribution in [0, 0.1) is 0 Å². The van der Waals surface area contributed by atoms with Gasteiger partial charge in [0.1, 0.15) is 6.61 Å². The molecule has 5 nitrogen and oxygen atoms in total. The molecular weight excluding hydrogens is 346 g/mol. The third-order valence-electron chi connectivity index (χ3n) is 3.69. The Balaban J connectivity index is 1.68. The number of ether oxygens (including phenoxy) is 1. The average Bonchev–Trinajstić information content (AvgIpc) is 2.83. The predicted octanol–water partition coefficient (Wildman–Crippen LogP) is 2.59. The number of benzene rings is 1. The Hall–Kier alpha value is -1.82. The van der Waals surface area contributed by atoms with Crippen LogP contribution in [-0.4, -0.2) is 32.5 Å². The van der Waals surface area contributed by atoms with E-state index in [1.807, 2.05) is 46.0 Å². The molecule has 1 aliphatic rings. The van der Waals surface area contributed by atoms with Crippen molar-refractivity contribution in [1.29, 1.82) is 0 Å². The summed E-state index contributed by atoms with van der Waals surface area (Å²) in [7, 11) is 0. The first-order chi connectivity index (χ1) is 10.8. The zero-order valence-electron chi connectivity index (χ0n) is 12.2. The van der Waals surface area contributed by atoms with E-state index in [-0.39, 0.29) is 5.91 Å². The zero-order chi connectivity index (χ0) is 15.4. The molecule has 6 heteroatoms. The third-order valence-corrected chi connectivity index (χ3v) is 4.17. The number of nitrogens with zero attached hydrogens (tertiary/aromatic N) is 3. The van der Waals surface area contributed by atoms with Crippen molar-refractivity contribution in [2.45, 2.75) is 26.1 Å². The van der Waals surface area contributed by atoms with Crippen molar-refractivity contribution >= 4 is 21.8 Å². The highest BCUT2D eigenvalue weighted by molar-refractivity contribution is 9.09. The Kier molecular flexibility index (Phi) is 4.77. The molecular formula is C16H18BrN3O2. The minimum Gasteiger partial charge on any atom is -0.472 e. The van der Waals surface area contributed by atoms with Crippen LogP contribution < -0.4 is 4.74 Å². The van der Waals surface area contributed by atoms with Crippen LogP contribution >= 0.6 is 15.9 Å². The van der Waals surface area contributed by atoms with Gasteiger partial charge in [-0.3, -0.25) is 9.48 Å². The lowest BCUT2D eigenvalue weighted by Gasteiger charge is -2.18. The van der Waals surface area contributed by atoms with Gasteiger partial charge in [-0.15, -0.1) is 5.10 Å². The molecule has 1 aromatic heterocycles. The molecule has 0 N–H and O–H groups in total. The summed E-state index contributed by atoms with van der Waals surface area (Å²) in [6.07, 6.45) is 0.908. The van der Waals surface area contributed by atoms with E-state index >= 15 is 0 Å². The third kappa shape index (κ3) is 3.50. The molecule has 0 saturated carbocycles. The molecule has 3 rings (SSSR count). The predicted molar refractivity (Wildman–Crippen MR) is 86.8 cm³/mol. The molecule has 0 aliphatic carbocycles. The first-order valence-corrected chi connectivity index (χ1v) is 8.45. The van der Waals surface area contributed by atoms with Crippen molar-refractivity contribution in [2.75, 3.05) is 11.9 Å². The second kappa shape index (κ2) is 6.96. The maximum atomic E-state index is 11.9. The standard InChI is InChI=1S/C16H18BrN3O2/c17-10-16(21)19-7-4-8-20-14(11-19)9-15(18-20)22-12-13-5-2-1-3-6-13/h1-3,5-6,9H,4,7-8,10-12H2. The van der Waals surface area contributed by atoms with E-state index in [0.717, 1.165) is 30.8 Å². The van der Waals surface area contributed by atoms with E-state index in [9.17, 15) is 4.79 Å². The number of carbonyl (C=O) groups is 1. The van der Waals surface area contributed by atoms with E-state index in [4.69, 9.17) is 4.74 Å². The molecule has 1 aromatic carbocycles. The summed E-state index contributed by atoms with van der Waals surface area (Å²) in [6.45, 7) is 2.68. The maximum absolute atomic E-state index is 11.9. The summed E-state index contributed by atoms with van der Waals surface area (Å²) in [4.78, 5) is 13.7. The van der Waals surface area contributed by atoms with Crippen LogP contribution in [0.25, 0.3) is 0 Å². The van der Waals surface area contributed by atoms with E-state index in [1.54, 1.807) is 0 Å². The fraction of sp³-hybridized carbons (Fsp3) is 0.375. The van der Waals surface area contributed by atoms with E-state index in [1.165, 1.54) is 0 Å². The molecule has 0 spiro atoms. The molecule has 116 valence electrons. The Morgan fingerprint density at radius 1 is 1.27 bits per heavy atom. The van der Waals surface area contributed by atoms with Crippen molar-refractivity contribution in [1.82, 2.24) is 14.7 Å². The minimum absolute atomic E-state index is 0.112. The van der Waals surface area contributed by atoms with Crippen LogP contribution in [0.2, 0.25) is 0 Å². The van der Waals surface area contributed by atoms with E-state index in [2.05, 4.69) is 21.0 Å². The number of hydrogen-bond donors (Lipinski definition) is 0. The molecule has 1 aliphatic heterocycles. The number of hydrogen-bond acceptors (Lipinski definition) is 3. The number of aromatic nitrogens is 2. The molecule has 0 atom stereocenters. The van der Waals surface area contributed by atoms with Gasteiger partial charge in [0.25, 0.3) is 0 Å². The molecule has 0 unspecified atom stereocenters. The SMILES string of the molecule is O=C(CBr)N1CCCn2nc(OCc3ccccc3)cc2C1. The first-order valence-electron chi connectivity index (χ1n) is 7.33. The van der Waals surface area contributed by atoms with Crippen LogP contribution in [0.15, 0.2) is 36.4 Å². The molecule has 2 heterocycles. The Morgan fingerprint density at radius 2 is 2.09 bits per heavy atom. The number of carbonyl (C=O) groups excluding carboxylic acids is 1. The Labute approximate surface area is 138 Å². The summed E-state index contributed by atoms with van der Waals surface area (Å²) in [5.74, 6) is 0.730. The summed E-state index contributed by atoms with van der Waals surface area (Å²) < 4.78 is 7.71. The quantitative estimate of drug-likeness (QED) is 0.784. The second-order valence-electron chi connectivity index (χ2n) is 5.27. The van der Waals surface area contributed by atoms with E-state index < -0.39 is 0 Å². The molecule has 0 radical (unpaired) electrons. The summed E-state index contributed by atoms with van der Waals surface area (Å²) in [5, 5.41) is 4.85. The smallest absolute Gasteiger partial charge is 0.233 e. The van der Waals surface area contributed by atoms with Gasteiger partial charge < -0.3 is 9.64 Å². The minimum atomic E-state index is 0.112. The van der Waals surface area contributed by atoms with Gasteiger partial charge in [0.05, 0.1) is 17.6 Å². The van der Waals surface area contributed by atoms with Gasteiger partial charge in [0.15, 0.2) is 0 Å². The fourth-order valence-electron chi connectivity index (χ4n) is 2.54. The number of rotatable bonds is 4. The molecule has 0 bridgehead atoms. The Morgan fingerprint density at radius 3 is 2.86 bits per heavy atom. The van der Waals surface area contributed by atoms with Gasteiger partial charge in [-0.25, -0.2) is 0 Å². The molecule has 22 heavy (non-hydrogen) atoms. The molecule has 0 fully saturated rings. The lowest BCUT2D eigenvalue weighted by atomic mass is 10.2. The van der Waals surface area contributed by atoms with Crippen molar-refractivity contribution < 1.29 is 9.53 Å². The topological polar surface area (TPSA) is 47.4 Å². The zero-order valence-corrected chi connectivity index (χ0v) is 13.8. The van der Waals surface area contributed by atoms with Crippen LogP contribution in [-0.2, 0) is 24.5 Å². The molecule has 0 saturated heterocycles. The highest BCUT2D eigenvalue weighted by Crippen LogP contribution is 2.19.